The number of carbonyl (C=O) groups is 1. The van der Waals surface area contributed by atoms with Crippen LogP contribution < -0.4 is 11.1 Å². The first-order valence-electron chi connectivity index (χ1n) is 6.12. The van der Waals surface area contributed by atoms with Crippen molar-refractivity contribution in [3.05, 3.63) is 64.4 Å². The molecule has 2 aromatic rings. The molecule has 0 aliphatic rings. The van der Waals surface area contributed by atoms with Crippen LogP contribution in [0.15, 0.2) is 53.0 Å². The van der Waals surface area contributed by atoms with Crippen LogP contribution in [0.4, 0.5) is 10.1 Å². The summed E-state index contributed by atoms with van der Waals surface area (Å²) >= 11 is 3.20. The molecule has 20 heavy (non-hydrogen) atoms. The molecule has 0 fully saturated rings. The molecule has 0 saturated carbocycles. The molecule has 2 rings (SSSR count). The number of carbonyl (C=O) groups excluding carboxylic acids is 1. The fourth-order valence-corrected chi connectivity index (χ4v) is 2.23. The molecule has 0 heterocycles. The molecular formula is C15H14BrFN2O. The Balaban J connectivity index is 2.05. The molecule has 5 heteroatoms. The summed E-state index contributed by atoms with van der Waals surface area (Å²) in [7, 11) is 0. The minimum Gasteiger partial charge on any atom is -0.321 e. The fraction of sp³-hybridized carbons (Fsp3) is 0.133. The van der Waals surface area contributed by atoms with Crippen molar-refractivity contribution >= 4 is 27.5 Å². The number of rotatable bonds is 4. The van der Waals surface area contributed by atoms with Crippen molar-refractivity contribution in [3.8, 4) is 0 Å². The molecule has 0 unspecified atom stereocenters. The Hall–Kier alpha value is -1.72. The van der Waals surface area contributed by atoms with E-state index in [2.05, 4.69) is 21.2 Å². The lowest BCUT2D eigenvalue weighted by molar-refractivity contribution is -0.117. The summed E-state index contributed by atoms with van der Waals surface area (Å²) < 4.78 is 14.1. The van der Waals surface area contributed by atoms with E-state index in [0.717, 1.165) is 5.56 Å². The number of nitrogens with one attached hydrogen (secondary N) is 1. The summed E-state index contributed by atoms with van der Waals surface area (Å²) in [6, 6.07) is 13.2. The van der Waals surface area contributed by atoms with Gasteiger partial charge >= 0.3 is 0 Å². The van der Waals surface area contributed by atoms with Crippen molar-refractivity contribution in [2.45, 2.75) is 12.5 Å². The van der Waals surface area contributed by atoms with Crippen LogP contribution in [0.3, 0.4) is 0 Å². The van der Waals surface area contributed by atoms with Crippen molar-refractivity contribution < 1.29 is 9.18 Å². The predicted octanol–water partition coefficient (Wildman–Crippen LogP) is 3.10. The number of para-hydroxylation sites is 1. The molecule has 0 saturated heterocycles. The van der Waals surface area contributed by atoms with Gasteiger partial charge in [0, 0.05) is 4.47 Å². The minimum absolute atomic E-state index is 0.112. The molecule has 1 atom stereocenters. The lowest BCUT2D eigenvalue weighted by atomic mass is 10.1. The first-order chi connectivity index (χ1) is 9.58. The van der Waals surface area contributed by atoms with Crippen molar-refractivity contribution in [1.29, 1.82) is 0 Å². The summed E-state index contributed by atoms with van der Waals surface area (Å²) in [5.74, 6) is -0.917. The number of nitrogens with two attached hydrogens (primary N) is 1. The Labute approximate surface area is 125 Å². The summed E-state index contributed by atoms with van der Waals surface area (Å²) in [6.45, 7) is 0. The Morgan fingerprint density at radius 1 is 1.20 bits per heavy atom. The second-order valence-electron chi connectivity index (χ2n) is 4.38. The first-order valence-corrected chi connectivity index (χ1v) is 6.91. The molecule has 104 valence electrons. The fourth-order valence-electron chi connectivity index (χ4n) is 1.79. The van der Waals surface area contributed by atoms with Crippen LogP contribution in [0, 0.1) is 5.82 Å². The van der Waals surface area contributed by atoms with Crippen LogP contribution >= 0.6 is 15.9 Å². The maximum atomic E-state index is 13.6. The Kier molecular flexibility index (Phi) is 4.87. The van der Waals surface area contributed by atoms with Crippen LogP contribution in [-0.2, 0) is 11.2 Å². The van der Waals surface area contributed by atoms with Crippen molar-refractivity contribution in [2.24, 2.45) is 5.73 Å². The van der Waals surface area contributed by atoms with E-state index in [4.69, 9.17) is 5.73 Å². The van der Waals surface area contributed by atoms with Gasteiger partial charge in [-0.3, -0.25) is 4.79 Å². The maximum Gasteiger partial charge on any atom is 0.241 e. The van der Waals surface area contributed by atoms with Gasteiger partial charge in [-0.2, -0.15) is 0 Å². The molecule has 0 aliphatic carbocycles. The number of amides is 1. The van der Waals surface area contributed by atoms with E-state index in [0.29, 0.717) is 10.9 Å². The number of hydrogen-bond donors (Lipinski definition) is 2. The molecule has 3 nitrogen and oxygen atoms in total. The second kappa shape index (κ2) is 6.63. The molecule has 0 bridgehead atoms. The smallest absolute Gasteiger partial charge is 0.241 e. The Bertz CT molecular complexity index is 584. The highest BCUT2D eigenvalue weighted by atomic mass is 79.9. The number of benzene rings is 2. The lowest BCUT2D eigenvalue weighted by Crippen LogP contribution is -2.37. The predicted molar refractivity (Wildman–Crippen MR) is 80.9 cm³/mol. The van der Waals surface area contributed by atoms with Gasteiger partial charge in [0.25, 0.3) is 0 Å². The third kappa shape index (κ3) is 3.65. The molecule has 0 spiro atoms. The highest BCUT2D eigenvalue weighted by Gasteiger charge is 2.17. The second-order valence-corrected chi connectivity index (χ2v) is 5.24. The molecule has 3 N–H and O–H groups in total. The van der Waals surface area contributed by atoms with Gasteiger partial charge in [-0.15, -0.1) is 0 Å². The van der Waals surface area contributed by atoms with E-state index in [-0.39, 0.29) is 5.69 Å². The molecule has 0 aliphatic heterocycles. The minimum atomic E-state index is -0.732. The van der Waals surface area contributed by atoms with Gasteiger partial charge in [-0.1, -0.05) is 36.4 Å². The summed E-state index contributed by atoms with van der Waals surface area (Å²) in [5.41, 5.74) is 6.92. The lowest BCUT2D eigenvalue weighted by Gasteiger charge is -2.13. The van der Waals surface area contributed by atoms with Gasteiger partial charge in [0.1, 0.15) is 5.82 Å². The molecular weight excluding hydrogens is 323 g/mol. The maximum absolute atomic E-state index is 13.6. The first kappa shape index (κ1) is 14.7. The van der Waals surface area contributed by atoms with Gasteiger partial charge in [0.2, 0.25) is 5.91 Å². The van der Waals surface area contributed by atoms with Gasteiger partial charge in [-0.05, 0) is 40.0 Å². The molecule has 0 radical (unpaired) electrons. The van der Waals surface area contributed by atoms with Crippen molar-refractivity contribution in [1.82, 2.24) is 0 Å². The van der Waals surface area contributed by atoms with Gasteiger partial charge in [0.15, 0.2) is 0 Å². The van der Waals surface area contributed by atoms with Crippen LogP contribution in [0.5, 0.6) is 0 Å². The van der Waals surface area contributed by atoms with E-state index in [1.807, 2.05) is 30.3 Å². The largest absolute Gasteiger partial charge is 0.321 e. The zero-order chi connectivity index (χ0) is 14.5. The zero-order valence-corrected chi connectivity index (χ0v) is 12.2. The standard InChI is InChI=1S/C15H14BrFN2O/c16-11-7-4-8-12(17)14(11)19-15(20)13(18)9-10-5-2-1-3-6-10/h1-8,13H,9,18H2,(H,19,20)/t13-/m1/s1. The molecule has 2 aromatic carbocycles. The average molecular weight is 337 g/mol. The summed E-state index contributed by atoms with van der Waals surface area (Å²) in [5, 5.41) is 2.51. The quantitative estimate of drug-likeness (QED) is 0.901. The van der Waals surface area contributed by atoms with Crippen molar-refractivity contribution in [2.75, 3.05) is 5.32 Å². The van der Waals surface area contributed by atoms with Crippen LogP contribution in [0.25, 0.3) is 0 Å². The van der Waals surface area contributed by atoms with Crippen LogP contribution in [0.2, 0.25) is 0 Å². The average Bonchev–Trinajstić information content (AvgIpc) is 2.44. The summed E-state index contributed by atoms with van der Waals surface area (Å²) in [6.07, 6.45) is 0.402. The van der Waals surface area contributed by atoms with E-state index >= 15 is 0 Å². The van der Waals surface area contributed by atoms with E-state index in [9.17, 15) is 9.18 Å². The third-order valence-electron chi connectivity index (χ3n) is 2.85. The van der Waals surface area contributed by atoms with Crippen LogP contribution in [0.1, 0.15) is 5.56 Å². The molecule has 0 aromatic heterocycles. The van der Waals surface area contributed by atoms with Gasteiger partial charge in [0.05, 0.1) is 11.7 Å². The normalized spacial score (nSPS) is 11.9. The Morgan fingerprint density at radius 2 is 1.90 bits per heavy atom. The highest BCUT2D eigenvalue weighted by Crippen LogP contribution is 2.25. The van der Waals surface area contributed by atoms with E-state index in [1.54, 1.807) is 12.1 Å². The number of hydrogen-bond acceptors (Lipinski definition) is 2. The van der Waals surface area contributed by atoms with Crippen molar-refractivity contribution in [3.63, 3.8) is 0 Å². The van der Waals surface area contributed by atoms with E-state index < -0.39 is 17.8 Å². The number of anilines is 1. The summed E-state index contributed by atoms with van der Waals surface area (Å²) in [4.78, 5) is 12.0. The monoisotopic (exact) mass is 336 g/mol. The van der Waals surface area contributed by atoms with E-state index in [1.165, 1.54) is 6.07 Å². The van der Waals surface area contributed by atoms with Gasteiger partial charge < -0.3 is 11.1 Å². The zero-order valence-electron chi connectivity index (χ0n) is 10.6. The topological polar surface area (TPSA) is 55.1 Å². The Morgan fingerprint density at radius 3 is 2.55 bits per heavy atom. The SMILES string of the molecule is N[C@H](Cc1ccccc1)C(=O)Nc1c(F)cccc1Br. The molecule has 1 amide bonds. The van der Waals surface area contributed by atoms with Crippen LogP contribution in [-0.4, -0.2) is 11.9 Å². The van der Waals surface area contributed by atoms with Gasteiger partial charge in [-0.25, -0.2) is 4.39 Å². The number of halogens is 2. The highest BCUT2D eigenvalue weighted by molar-refractivity contribution is 9.10. The third-order valence-corrected chi connectivity index (χ3v) is 3.51.